The summed E-state index contributed by atoms with van der Waals surface area (Å²) >= 11 is 0. The fourth-order valence-electron chi connectivity index (χ4n) is 3.39. The summed E-state index contributed by atoms with van der Waals surface area (Å²) < 4.78 is 26.5. The van der Waals surface area contributed by atoms with Crippen LogP contribution in [0.2, 0.25) is 0 Å². The van der Waals surface area contributed by atoms with Crippen molar-refractivity contribution in [3.63, 3.8) is 0 Å². The van der Waals surface area contributed by atoms with Crippen molar-refractivity contribution in [1.29, 1.82) is 0 Å². The average molecular weight is 378 g/mol. The summed E-state index contributed by atoms with van der Waals surface area (Å²) in [6, 6.07) is 9.40. The quantitative estimate of drug-likeness (QED) is 0.782. The van der Waals surface area contributed by atoms with Gasteiger partial charge >= 0.3 is 0 Å². The molecular formula is C19H27N3O3S. The second-order valence-corrected chi connectivity index (χ2v) is 8.69. The molecule has 0 N–H and O–H groups in total. The molecule has 0 aliphatic carbocycles. The van der Waals surface area contributed by atoms with Gasteiger partial charge in [0, 0.05) is 44.7 Å². The van der Waals surface area contributed by atoms with Gasteiger partial charge in [0.15, 0.2) is 0 Å². The fourth-order valence-corrected chi connectivity index (χ4v) is 4.56. The van der Waals surface area contributed by atoms with E-state index in [2.05, 4.69) is 4.90 Å². The Labute approximate surface area is 156 Å². The highest BCUT2D eigenvalue weighted by Gasteiger charge is 2.27. The summed E-state index contributed by atoms with van der Waals surface area (Å²) in [5.74, 6) is 0.171. The lowest BCUT2D eigenvalue weighted by Gasteiger charge is -2.35. The first kappa shape index (κ1) is 19.1. The maximum atomic E-state index is 12.5. The molecule has 0 saturated carbocycles. The van der Waals surface area contributed by atoms with E-state index in [9.17, 15) is 13.2 Å². The monoisotopic (exact) mass is 377 g/mol. The molecular weight excluding hydrogens is 350 g/mol. The van der Waals surface area contributed by atoms with E-state index in [1.165, 1.54) is 16.1 Å². The van der Waals surface area contributed by atoms with Crippen LogP contribution < -0.4 is 0 Å². The second kappa shape index (κ2) is 8.79. The minimum atomic E-state index is -3.42. The van der Waals surface area contributed by atoms with E-state index in [1.807, 2.05) is 35.2 Å². The first-order valence-electron chi connectivity index (χ1n) is 9.28. The van der Waals surface area contributed by atoms with Gasteiger partial charge in [-0.15, -0.1) is 0 Å². The van der Waals surface area contributed by atoms with Crippen molar-refractivity contribution in [3.8, 4) is 0 Å². The largest absolute Gasteiger partial charge is 0.342 e. The average Bonchev–Trinajstić information content (AvgIpc) is 2.68. The number of rotatable bonds is 5. The number of hydrogen-bond donors (Lipinski definition) is 0. The Morgan fingerprint density at radius 2 is 1.58 bits per heavy atom. The van der Waals surface area contributed by atoms with Crippen molar-refractivity contribution in [2.24, 2.45) is 0 Å². The number of piperidine rings is 1. The molecule has 0 spiro atoms. The molecule has 142 valence electrons. The Morgan fingerprint density at radius 3 is 2.23 bits per heavy atom. The van der Waals surface area contributed by atoms with Gasteiger partial charge in [0.2, 0.25) is 15.9 Å². The normalized spacial score (nSPS) is 20.5. The highest BCUT2D eigenvalue weighted by molar-refractivity contribution is 7.92. The molecule has 0 atom stereocenters. The number of amides is 1. The van der Waals surface area contributed by atoms with Crippen LogP contribution in [0.15, 0.2) is 35.7 Å². The third kappa shape index (κ3) is 5.16. The number of benzene rings is 1. The van der Waals surface area contributed by atoms with Gasteiger partial charge in [-0.05, 0) is 30.9 Å². The van der Waals surface area contributed by atoms with E-state index in [-0.39, 0.29) is 5.91 Å². The van der Waals surface area contributed by atoms with Crippen LogP contribution in [0, 0.1) is 0 Å². The van der Waals surface area contributed by atoms with Crippen molar-refractivity contribution in [1.82, 2.24) is 14.1 Å². The molecule has 1 aromatic rings. The Morgan fingerprint density at radius 1 is 0.923 bits per heavy atom. The molecule has 0 unspecified atom stereocenters. The van der Waals surface area contributed by atoms with Crippen molar-refractivity contribution in [2.45, 2.75) is 19.3 Å². The minimum Gasteiger partial charge on any atom is -0.342 e. The van der Waals surface area contributed by atoms with Crippen LogP contribution >= 0.6 is 0 Å². The zero-order valence-electron chi connectivity index (χ0n) is 15.1. The lowest BCUT2D eigenvalue weighted by Crippen LogP contribution is -2.51. The van der Waals surface area contributed by atoms with Gasteiger partial charge in [0.25, 0.3) is 0 Å². The van der Waals surface area contributed by atoms with E-state index in [1.54, 1.807) is 6.08 Å². The molecule has 1 aromatic carbocycles. The molecule has 0 aromatic heterocycles. The molecule has 2 fully saturated rings. The van der Waals surface area contributed by atoms with Crippen LogP contribution in [-0.4, -0.2) is 74.2 Å². The standard InChI is InChI=1S/C19H27N3O3S/c23-19(21-10-5-2-6-11-21)17-20-12-14-22(15-13-20)26(24,25)16-9-18-7-3-1-4-8-18/h1,3-4,7-9,16H,2,5-6,10-15,17H2. The van der Waals surface area contributed by atoms with Gasteiger partial charge in [0.05, 0.1) is 6.54 Å². The topological polar surface area (TPSA) is 60.9 Å². The van der Waals surface area contributed by atoms with E-state index in [0.29, 0.717) is 32.7 Å². The van der Waals surface area contributed by atoms with Crippen molar-refractivity contribution in [2.75, 3.05) is 45.8 Å². The van der Waals surface area contributed by atoms with Crippen LogP contribution in [0.1, 0.15) is 24.8 Å². The van der Waals surface area contributed by atoms with Crippen molar-refractivity contribution >= 4 is 22.0 Å². The van der Waals surface area contributed by atoms with Gasteiger partial charge in [-0.25, -0.2) is 8.42 Å². The molecule has 3 rings (SSSR count). The molecule has 0 bridgehead atoms. The summed E-state index contributed by atoms with van der Waals surface area (Å²) in [7, 11) is -3.42. The molecule has 2 aliphatic heterocycles. The summed E-state index contributed by atoms with van der Waals surface area (Å²) in [4.78, 5) is 16.3. The summed E-state index contributed by atoms with van der Waals surface area (Å²) in [6.45, 7) is 4.15. The first-order chi connectivity index (χ1) is 12.5. The van der Waals surface area contributed by atoms with Crippen LogP contribution in [0.25, 0.3) is 6.08 Å². The zero-order chi connectivity index (χ0) is 18.4. The lowest BCUT2D eigenvalue weighted by atomic mass is 10.1. The Hall–Kier alpha value is -1.70. The van der Waals surface area contributed by atoms with Gasteiger partial charge in [-0.1, -0.05) is 30.3 Å². The third-order valence-electron chi connectivity index (χ3n) is 4.99. The van der Waals surface area contributed by atoms with Crippen LogP contribution in [0.5, 0.6) is 0 Å². The number of carbonyl (C=O) groups excluding carboxylic acids is 1. The molecule has 6 nitrogen and oxygen atoms in total. The van der Waals surface area contributed by atoms with E-state index >= 15 is 0 Å². The van der Waals surface area contributed by atoms with E-state index in [0.717, 1.165) is 31.5 Å². The van der Waals surface area contributed by atoms with Crippen LogP contribution in [0.3, 0.4) is 0 Å². The highest BCUT2D eigenvalue weighted by Crippen LogP contribution is 2.13. The predicted molar refractivity (Wildman–Crippen MR) is 103 cm³/mol. The molecule has 26 heavy (non-hydrogen) atoms. The van der Waals surface area contributed by atoms with Gasteiger partial charge in [-0.2, -0.15) is 4.31 Å². The van der Waals surface area contributed by atoms with Crippen molar-refractivity contribution < 1.29 is 13.2 Å². The fraction of sp³-hybridized carbons (Fsp3) is 0.526. The highest BCUT2D eigenvalue weighted by atomic mass is 32.2. The molecule has 0 radical (unpaired) electrons. The molecule has 2 saturated heterocycles. The number of nitrogens with zero attached hydrogens (tertiary/aromatic N) is 3. The molecule has 7 heteroatoms. The number of piperazine rings is 1. The Kier molecular flexibility index (Phi) is 6.45. The molecule has 2 heterocycles. The van der Waals surface area contributed by atoms with Gasteiger partial charge in [0.1, 0.15) is 0 Å². The Bertz CT molecular complexity index is 720. The van der Waals surface area contributed by atoms with Gasteiger partial charge < -0.3 is 4.90 Å². The minimum absolute atomic E-state index is 0.171. The van der Waals surface area contributed by atoms with E-state index in [4.69, 9.17) is 0 Å². The number of hydrogen-bond acceptors (Lipinski definition) is 4. The van der Waals surface area contributed by atoms with Crippen LogP contribution in [0.4, 0.5) is 0 Å². The summed E-state index contributed by atoms with van der Waals surface area (Å²) in [5.41, 5.74) is 0.863. The maximum Gasteiger partial charge on any atom is 0.236 e. The van der Waals surface area contributed by atoms with Crippen LogP contribution in [-0.2, 0) is 14.8 Å². The second-order valence-electron chi connectivity index (χ2n) is 6.88. The van der Waals surface area contributed by atoms with E-state index < -0.39 is 10.0 Å². The van der Waals surface area contributed by atoms with Gasteiger partial charge in [-0.3, -0.25) is 9.69 Å². The predicted octanol–water partition coefficient (Wildman–Crippen LogP) is 1.62. The summed E-state index contributed by atoms with van der Waals surface area (Å²) in [5, 5.41) is 1.27. The van der Waals surface area contributed by atoms with Crippen molar-refractivity contribution in [3.05, 3.63) is 41.3 Å². The maximum absolute atomic E-state index is 12.5. The lowest BCUT2D eigenvalue weighted by molar-refractivity contribution is -0.133. The third-order valence-corrected chi connectivity index (χ3v) is 6.56. The number of likely N-dealkylation sites (tertiary alicyclic amines) is 1. The number of carbonyl (C=O) groups is 1. The smallest absolute Gasteiger partial charge is 0.236 e. The first-order valence-corrected chi connectivity index (χ1v) is 10.8. The zero-order valence-corrected chi connectivity index (χ0v) is 15.9. The number of sulfonamides is 1. The SMILES string of the molecule is O=C(CN1CCN(S(=O)(=O)C=Cc2ccccc2)CC1)N1CCCCC1. The molecule has 2 aliphatic rings. The molecule has 1 amide bonds. The summed E-state index contributed by atoms with van der Waals surface area (Å²) in [6.07, 6.45) is 5.01. The Balaban J connectivity index is 1.49.